The third kappa shape index (κ3) is 44.7. The SMILES string of the molecule is CCCCCCCCCCCCCCCCCCC(CCCCCCCCCCCCCCCCCC)C(C)CCCCCCCCCCCCCCC. The lowest BCUT2D eigenvalue weighted by Crippen LogP contribution is -2.12. The lowest BCUT2D eigenvalue weighted by molar-refractivity contribution is 0.274. The van der Waals surface area contributed by atoms with Gasteiger partial charge in [-0.2, -0.15) is 0 Å². The fourth-order valence-corrected chi connectivity index (χ4v) is 9.34. The molecule has 1 unspecified atom stereocenters. The summed E-state index contributed by atoms with van der Waals surface area (Å²) < 4.78 is 0. The van der Waals surface area contributed by atoms with Crippen LogP contribution in [0.5, 0.6) is 0 Å². The molecule has 0 aromatic heterocycles. The minimum absolute atomic E-state index is 0.949. The molecule has 0 N–H and O–H groups in total. The van der Waals surface area contributed by atoms with Crippen molar-refractivity contribution in [2.45, 2.75) is 336 Å². The molecule has 0 heterocycles. The standard InChI is InChI=1S/C54H110/c1-5-8-11-14-17-20-23-26-28-30-33-36-39-42-45-48-51-54(53(4)50-47-44-41-38-35-32-25-22-19-16-13-10-7-3)52-49-46-43-40-37-34-31-29-27-24-21-18-15-12-9-6-2/h53-54H,5-52H2,1-4H3. The summed E-state index contributed by atoms with van der Waals surface area (Å²) in [7, 11) is 0. The summed E-state index contributed by atoms with van der Waals surface area (Å²) >= 11 is 0. The minimum atomic E-state index is 0.949. The Bertz CT molecular complexity index is 586. The zero-order valence-corrected chi connectivity index (χ0v) is 39.1. The molecule has 1 atom stereocenters. The molecule has 0 aliphatic carbocycles. The predicted molar refractivity (Wildman–Crippen MR) is 251 cm³/mol. The fraction of sp³-hybridized carbons (Fsp3) is 1.00. The van der Waals surface area contributed by atoms with Crippen LogP contribution >= 0.6 is 0 Å². The van der Waals surface area contributed by atoms with Crippen molar-refractivity contribution < 1.29 is 0 Å². The molecule has 0 aromatic rings. The molecule has 0 nitrogen and oxygen atoms in total. The third-order valence-corrected chi connectivity index (χ3v) is 13.4. The monoisotopic (exact) mass is 759 g/mol. The Balaban J connectivity index is 4.06. The lowest BCUT2D eigenvalue weighted by Gasteiger charge is -2.24. The van der Waals surface area contributed by atoms with Crippen LogP contribution in [-0.2, 0) is 0 Å². The summed E-state index contributed by atoms with van der Waals surface area (Å²) in [5.74, 6) is 1.95. The van der Waals surface area contributed by atoms with E-state index in [-0.39, 0.29) is 0 Å². The minimum Gasteiger partial charge on any atom is -0.0654 e. The van der Waals surface area contributed by atoms with E-state index in [0.717, 1.165) is 11.8 Å². The van der Waals surface area contributed by atoms with E-state index in [1.54, 1.807) is 0 Å². The molecule has 0 aliphatic heterocycles. The molecular formula is C54H110. The molecule has 0 radical (unpaired) electrons. The van der Waals surface area contributed by atoms with Crippen LogP contribution in [0.4, 0.5) is 0 Å². The number of hydrogen-bond acceptors (Lipinski definition) is 0. The smallest absolute Gasteiger partial charge is 0.0388 e. The molecule has 0 fully saturated rings. The van der Waals surface area contributed by atoms with E-state index in [0.29, 0.717) is 0 Å². The van der Waals surface area contributed by atoms with Crippen LogP contribution in [0.2, 0.25) is 0 Å². The normalized spacial score (nSPS) is 12.4. The Kier molecular flexibility index (Phi) is 49.1. The molecule has 0 aliphatic rings. The molecule has 0 amide bonds. The van der Waals surface area contributed by atoms with Crippen LogP contribution in [0.15, 0.2) is 0 Å². The molecule has 0 saturated carbocycles. The maximum absolute atomic E-state index is 2.64. The average molecular weight is 759 g/mol. The highest BCUT2D eigenvalue weighted by Crippen LogP contribution is 2.30. The van der Waals surface area contributed by atoms with Crippen molar-refractivity contribution in [1.82, 2.24) is 0 Å². The van der Waals surface area contributed by atoms with Crippen LogP contribution in [0, 0.1) is 11.8 Å². The first kappa shape index (κ1) is 54.0. The maximum Gasteiger partial charge on any atom is -0.0388 e. The summed E-state index contributed by atoms with van der Waals surface area (Å²) in [5.41, 5.74) is 0. The van der Waals surface area contributed by atoms with Gasteiger partial charge in [-0.15, -0.1) is 0 Å². The lowest BCUT2D eigenvalue weighted by atomic mass is 9.81. The summed E-state index contributed by atoms with van der Waals surface area (Å²) in [6.07, 6.45) is 71.1. The van der Waals surface area contributed by atoms with Gasteiger partial charge in [0.15, 0.2) is 0 Å². The van der Waals surface area contributed by atoms with Crippen molar-refractivity contribution in [2.75, 3.05) is 0 Å². The summed E-state index contributed by atoms with van der Waals surface area (Å²) in [6.45, 7) is 9.61. The molecule has 326 valence electrons. The van der Waals surface area contributed by atoms with Crippen molar-refractivity contribution in [2.24, 2.45) is 11.8 Å². The van der Waals surface area contributed by atoms with E-state index in [1.165, 1.54) is 308 Å². The Labute approximate surface area is 346 Å². The number of hydrogen-bond donors (Lipinski definition) is 0. The fourth-order valence-electron chi connectivity index (χ4n) is 9.34. The van der Waals surface area contributed by atoms with Crippen molar-refractivity contribution in [1.29, 1.82) is 0 Å². The Morgan fingerprint density at radius 1 is 0.185 bits per heavy atom. The van der Waals surface area contributed by atoms with E-state index < -0.39 is 0 Å². The Morgan fingerprint density at radius 2 is 0.333 bits per heavy atom. The highest BCUT2D eigenvalue weighted by Gasteiger charge is 2.16. The molecule has 54 heavy (non-hydrogen) atoms. The molecule has 0 spiro atoms. The van der Waals surface area contributed by atoms with E-state index in [9.17, 15) is 0 Å². The van der Waals surface area contributed by atoms with Crippen LogP contribution in [0.1, 0.15) is 336 Å². The third-order valence-electron chi connectivity index (χ3n) is 13.4. The van der Waals surface area contributed by atoms with Crippen LogP contribution in [0.25, 0.3) is 0 Å². The average Bonchev–Trinajstić information content (AvgIpc) is 3.18. The van der Waals surface area contributed by atoms with E-state index >= 15 is 0 Å². The van der Waals surface area contributed by atoms with E-state index in [2.05, 4.69) is 27.7 Å². The van der Waals surface area contributed by atoms with E-state index in [1.807, 2.05) is 0 Å². The number of unbranched alkanes of at least 4 members (excludes halogenated alkanes) is 42. The van der Waals surface area contributed by atoms with Crippen molar-refractivity contribution in [3.63, 3.8) is 0 Å². The second-order valence-electron chi connectivity index (χ2n) is 19.0. The maximum atomic E-state index is 2.64. The van der Waals surface area contributed by atoms with Gasteiger partial charge in [0.25, 0.3) is 0 Å². The quantitative estimate of drug-likeness (QED) is 0.0542. The zero-order chi connectivity index (χ0) is 39.1. The highest BCUT2D eigenvalue weighted by molar-refractivity contribution is 4.68. The molecule has 0 saturated heterocycles. The van der Waals surface area contributed by atoms with Crippen LogP contribution in [-0.4, -0.2) is 0 Å². The first-order valence-corrected chi connectivity index (χ1v) is 26.8. The van der Waals surface area contributed by atoms with Gasteiger partial charge in [0.05, 0.1) is 0 Å². The number of rotatable bonds is 49. The van der Waals surface area contributed by atoms with Crippen LogP contribution < -0.4 is 0 Å². The Hall–Kier alpha value is 0. The summed E-state index contributed by atoms with van der Waals surface area (Å²) in [5, 5.41) is 0. The Morgan fingerprint density at radius 3 is 0.519 bits per heavy atom. The van der Waals surface area contributed by atoms with Crippen molar-refractivity contribution in [3.8, 4) is 0 Å². The second-order valence-corrected chi connectivity index (χ2v) is 19.0. The van der Waals surface area contributed by atoms with Gasteiger partial charge in [-0.1, -0.05) is 336 Å². The molecular weight excluding hydrogens is 649 g/mol. The first-order chi connectivity index (χ1) is 26.8. The molecule has 0 bridgehead atoms. The highest BCUT2D eigenvalue weighted by atomic mass is 14.2. The molecule has 0 rings (SSSR count). The van der Waals surface area contributed by atoms with Crippen molar-refractivity contribution >= 4 is 0 Å². The van der Waals surface area contributed by atoms with Gasteiger partial charge in [-0.25, -0.2) is 0 Å². The van der Waals surface area contributed by atoms with Crippen molar-refractivity contribution in [3.05, 3.63) is 0 Å². The van der Waals surface area contributed by atoms with E-state index in [4.69, 9.17) is 0 Å². The van der Waals surface area contributed by atoms with Gasteiger partial charge < -0.3 is 0 Å². The second kappa shape index (κ2) is 49.1. The van der Waals surface area contributed by atoms with Gasteiger partial charge in [0, 0.05) is 0 Å². The molecule has 0 aromatic carbocycles. The summed E-state index contributed by atoms with van der Waals surface area (Å²) in [6, 6.07) is 0. The van der Waals surface area contributed by atoms with Gasteiger partial charge in [0.1, 0.15) is 0 Å². The van der Waals surface area contributed by atoms with Gasteiger partial charge >= 0.3 is 0 Å². The largest absolute Gasteiger partial charge is 0.0654 e. The predicted octanol–water partition coefficient (Wildman–Crippen LogP) is 21.0. The summed E-state index contributed by atoms with van der Waals surface area (Å²) in [4.78, 5) is 0. The van der Waals surface area contributed by atoms with Gasteiger partial charge in [-0.3, -0.25) is 0 Å². The van der Waals surface area contributed by atoms with Gasteiger partial charge in [-0.05, 0) is 11.8 Å². The first-order valence-electron chi connectivity index (χ1n) is 26.8. The zero-order valence-electron chi connectivity index (χ0n) is 39.1. The topological polar surface area (TPSA) is 0 Å². The van der Waals surface area contributed by atoms with Gasteiger partial charge in [0.2, 0.25) is 0 Å². The molecule has 0 heteroatoms. The van der Waals surface area contributed by atoms with Crippen LogP contribution in [0.3, 0.4) is 0 Å².